The van der Waals surface area contributed by atoms with Gasteiger partial charge in [0.05, 0.1) is 6.04 Å². The van der Waals surface area contributed by atoms with Crippen LogP contribution in [-0.4, -0.2) is 58.1 Å². The first-order valence-electron chi connectivity index (χ1n) is 10.5. The van der Waals surface area contributed by atoms with Crippen LogP contribution in [0.2, 0.25) is 0 Å². The van der Waals surface area contributed by atoms with Gasteiger partial charge >= 0.3 is 5.97 Å². The molecule has 0 aliphatic rings. The molecule has 3 amide bonds. The van der Waals surface area contributed by atoms with E-state index in [0.717, 1.165) is 0 Å². The van der Waals surface area contributed by atoms with Crippen LogP contribution >= 0.6 is 0 Å². The summed E-state index contributed by atoms with van der Waals surface area (Å²) < 4.78 is 0. The number of phenols is 1. The second kappa shape index (κ2) is 12.0. The predicted octanol–water partition coefficient (Wildman–Crippen LogP) is 0.133. The minimum Gasteiger partial charge on any atom is -0.508 e. The van der Waals surface area contributed by atoms with Crippen molar-refractivity contribution in [2.45, 2.75) is 65.2 Å². The number of carbonyl (C=O) groups is 4. The Morgan fingerprint density at radius 3 is 1.88 bits per heavy atom. The topological polar surface area (TPSA) is 171 Å². The molecule has 0 saturated carbocycles. The third-order valence-corrected chi connectivity index (χ3v) is 5.01. The fourth-order valence-corrected chi connectivity index (χ4v) is 2.80. The molecule has 178 valence electrons. The largest absolute Gasteiger partial charge is 0.508 e. The Morgan fingerprint density at radius 2 is 1.41 bits per heavy atom. The minimum atomic E-state index is -1.20. The van der Waals surface area contributed by atoms with E-state index in [-0.39, 0.29) is 24.0 Å². The van der Waals surface area contributed by atoms with Crippen molar-refractivity contribution in [3.05, 3.63) is 29.8 Å². The number of phenolic OH excluding ortho intramolecular Hbond substituents is 1. The number of rotatable bonds is 11. The van der Waals surface area contributed by atoms with Gasteiger partial charge in [0.15, 0.2) is 0 Å². The van der Waals surface area contributed by atoms with Crippen molar-refractivity contribution in [3.63, 3.8) is 0 Å². The Morgan fingerprint density at radius 1 is 0.844 bits per heavy atom. The van der Waals surface area contributed by atoms with Crippen LogP contribution in [0.3, 0.4) is 0 Å². The standard InChI is InChI=1S/C22H34N4O6/c1-11(2)17(23)20(29)25-16(10-14-6-8-15(27)9-7-14)19(28)26-18(12(3)4)21(30)24-13(5)22(31)32/h6-9,11-13,16-18,27H,10,23H2,1-5H3,(H,24,30)(H,25,29)(H,26,28)(H,31,32). The predicted molar refractivity (Wildman–Crippen MR) is 119 cm³/mol. The Balaban J connectivity index is 3.07. The van der Waals surface area contributed by atoms with Crippen LogP contribution < -0.4 is 21.7 Å². The molecule has 4 unspecified atom stereocenters. The summed E-state index contributed by atoms with van der Waals surface area (Å²) >= 11 is 0. The zero-order chi connectivity index (χ0) is 24.6. The van der Waals surface area contributed by atoms with Gasteiger partial charge in [-0.3, -0.25) is 19.2 Å². The van der Waals surface area contributed by atoms with Crippen molar-refractivity contribution in [2.75, 3.05) is 0 Å². The molecular formula is C22H34N4O6. The van der Waals surface area contributed by atoms with Crippen LogP contribution in [0.25, 0.3) is 0 Å². The van der Waals surface area contributed by atoms with Crippen LogP contribution in [0.5, 0.6) is 5.75 Å². The summed E-state index contributed by atoms with van der Waals surface area (Å²) in [4.78, 5) is 49.2. The van der Waals surface area contributed by atoms with E-state index in [4.69, 9.17) is 10.8 Å². The second-order valence-electron chi connectivity index (χ2n) is 8.50. The average molecular weight is 451 g/mol. The Labute approximate surface area is 187 Å². The molecule has 0 aromatic heterocycles. The highest BCUT2D eigenvalue weighted by Gasteiger charge is 2.31. The number of nitrogens with one attached hydrogen (secondary N) is 3. The van der Waals surface area contributed by atoms with Crippen LogP contribution in [0.4, 0.5) is 0 Å². The van der Waals surface area contributed by atoms with Crippen molar-refractivity contribution >= 4 is 23.7 Å². The molecule has 0 heterocycles. The lowest BCUT2D eigenvalue weighted by Crippen LogP contribution is -2.59. The van der Waals surface area contributed by atoms with Gasteiger partial charge in [-0.25, -0.2) is 0 Å². The Hall–Kier alpha value is -3.14. The van der Waals surface area contributed by atoms with Crippen LogP contribution in [0.1, 0.15) is 40.2 Å². The fourth-order valence-electron chi connectivity index (χ4n) is 2.80. The number of carboxylic acid groups (broad SMARTS) is 1. The van der Waals surface area contributed by atoms with E-state index in [0.29, 0.717) is 5.56 Å². The third-order valence-electron chi connectivity index (χ3n) is 5.01. The van der Waals surface area contributed by atoms with Crippen molar-refractivity contribution in [1.82, 2.24) is 16.0 Å². The average Bonchev–Trinajstić information content (AvgIpc) is 2.71. The molecule has 0 spiro atoms. The number of aromatic hydroxyl groups is 1. The van der Waals surface area contributed by atoms with Crippen LogP contribution in [0.15, 0.2) is 24.3 Å². The molecule has 4 atom stereocenters. The van der Waals surface area contributed by atoms with E-state index in [1.54, 1.807) is 39.8 Å². The van der Waals surface area contributed by atoms with E-state index in [9.17, 15) is 24.3 Å². The number of hydrogen-bond acceptors (Lipinski definition) is 6. The molecule has 1 rings (SSSR count). The zero-order valence-corrected chi connectivity index (χ0v) is 19.1. The molecule has 10 heteroatoms. The molecule has 1 aromatic rings. The van der Waals surface area contributed by atoms with Crippen molar-refractivity contribution < 1.29 is 29.4 Å². The lowest BCUT2D eigenvalue weighted by molar-refractivity contribution is -0.142. The molecule has 0 fully saturated rings. The lowest BCUT2D eigenvalue weighted by atomic mass is 9.99. The highest BCUT2D eigenvalue weighted by Crippen LogP contribution is 2.12. The van der Waals surface area contributed by atoms with Crippen molar-refractivity contribution in [1.29, 1.82) is 0 Å². The third kappa shape index (κ3) is 8.18. The van der Waals surface area contributed by atoms with Gasteiger partial charge in [0, 0.05) is 6.42 Å². The molecule has 7 N–H and O–H groups in total. The Kier molecular flexibility index (Phi) is 10.1. The highest BCUT2D eigenvalue weighted by molar-refractivity contribution is 5.94. The summed E-state index contributed by atoms with van der Waals surface area (Å²) in [5.74, 6) is -3.40. The first kappa shape index (κ1) is 26.9. The van der Waals surface area contributed by atoms with Crippen molar-refractivity contribution in [3.8, 4) is 5.75 Å². The highest BCUT2D eigenvalue weighted by atomic mass is 16.4. The van der Waals surface area contributed by atoms with Gasteiger partial charge < -0.3 is 31.9 Å². The van der Waals surface area contributed by atoms with E-state index in [1.807, 2.05) is 0 Å². The fraction of sp³-hybridized carbons (Fsp3) is 0.545. The first-order valence-corrected chi connectivity index (χ1v) is 10.5. The second-order valence-corrected chi connectivity index (χ2v) is 8.50. The summed E-state index contributed by atoms with van der Waals surface area (Å²) in [5.41, 5.74) is 6.58. The maximum atomic E-state index is 13.1. The maximum Gasteiger partial charge on any atom is 0.325 e. The lowest BCUT2D eigenvalue weighted by Gasteiger charge is -2.27. The van der Waals surface area contributed by atoms with E-state index in [2.05, 4.69) is 16.0 Å². The summed E-state index contributed by atoms with van der Waals surface area (Å²) in [5, 5.41) is 26.1. The zero-order valence-electron chi connectivity index (χ0n) is 19.1. The molecular weight excluding hydrogens is 416 g/mol. The monoisotopic (exact) mass is 450 g/mol. The Bertz CT molecular complexity index is 809. The van der Waals surface area contributed by atoms with Crippen LogP contribution in [0, 0.1) is 11.8 Å². The normalized spacial score (nSPS) is 14.9. The van der Waals surface area contributed by atoms with Gasteiger partial charge in [-0.2, -0.15) is 0 Å². The number of benzene rings is 1. The van der Waals surface area contributed by atoms with Gasteiger partial charge in [0.25, 0.3) is 0 Å². The number of amides is 3. The molecule has 1 aromatic carbocycles. The molecule has 0 radical (unpaired) electrons. The number of nitrogens with two attached hydrogens (primary N) is 1. The number of carboxylic acids is 1. The molecule has 32 heavy (non-hydrogen) atoms. The van der Waals surface area contributed by atoms with E-state index in [1.165, 1.54) is 19.1 Å². The summed E-state index contributed by atoms with van der Waals surface area (Å²) in [7, 11) is 0. The number of carbonyl (C=O) groups excluding carboxylic acids is 3. The van der Waals surface area contributed by atoms with E-state index < -0.39 is 47.9 Å². The van der Waals surface area contributed by atoms with Crippen molar-refractivity contribution in [2.24, 2.45) is 17.6 Å². The van der Waals surface area contributed by atoms with Gasteiger partial charge in [-0.1, -0.05) is 39.8 Å². The first-order chi connectivity index (χ1) is 14.8. The smallest absolute Gasteiger partial charge is 0.325 e. The SMILES string of the molecule is CC(NC(=O)C(NC(=O)C(Cc1ccc(O)cc1)NC(=O)C(N)C(C)C)C(C)C)C(=O)O. The minimum absolute atomic E-state index is 0.0599. The summed E-state index contributed by atoms with van der Waals surface area (Å²) in [6.45, 7) is 8.29. The molecule has 0 bridgehead atoms. The van der Waals surface area contributed by atoms with E-state index >= 15 is 0 Å². The molecule has 0 saturated heterocycles. The number of hydrogen-bond donors (Lipinski definition) is 6. The molecule has 0 aliphatic heterocycles. The quantitative estimate of drug-likeness (QED) is 0.278. The summed E-state index contributed by atoms with van der Waals surface area (Å²) in [6, 6.07) is 2.15. The maximum absolute atomic E-state index is 13.1. The number of aliphatic carboxylic acids is 1. The summed E-state index contributed by atoms with van der Waals surface area (Å²) in [6.07, 6.45) is 0.0978. The molecule has 0 aliphatic carbocycles. The van der Waals surface area contributed by atoms with Gasteiger partial charge in [-0.05, 0) is 36.5 Å². The van der Waals surface area contributed by atoms with Gasteiger partial charge in [0.1, 0.15) is 23.9 Å². The van der Waals surface area contributed by atoms with Crippen LogP contribution in [-0.2, 0) is 25.6 Å². The van der Waals surface area contributed by atoms with Gasteiger partial charge in [0.2, 0.25) is 17.7 Å². The molecule has 10 nitrogen and oxygen atoms in total. The van der Waals surface area contributed by atoms with Gasteiger partial charge in [-0.15, -0.1) is 0 Å².